The second-order valence-corrected chi connectivity index (χ2v) is 5.12. The van der Waals surface area contributed by atoms with Gasteiger partial charge in [0.05, 0.1) is 12.2 Å². The molecule has 1 heterocycles. The van der Waals surface area contributed by atoms with Crippen molar-refractivity contribution >= 4 is 29.3 Å². The van der Waals surface area contributed by atoms with Crippen molar-refractivity contribution in [3.05, 3.63) is 28.0 Å². The van der Waals surface area contributed by atoms with Gasteiger partial charge < -0.3 is 15.2 Å². The molecular formula is C13H17NO4S. The number of carbonyl (C=O) groups is 2. The monoisotopic (exact) mass is 283 g/mol. The van der Waals surface area contributed by atoms with Gasteiger partial charge in [-0.25, -0.2) is 4.79 Å². The van der Waals surface area contributed by atoms with Crippen LogP contribution in [-0.4, -0.2) is 37.2 Å². The van der Waals surface area contributed by atoms with Gasteiger partial charge in [0.1, 0.15) is 0 Å². The summed E-state index contributed by atoms with van der Waals surface area (Å²) in [5, 5.41) is 13.0. The van der Waals surface area contributed by atoms with Gasteiger partial charge in [-0.2, -0.15) is 0 Å². The topological polar surface area (TPSA) is 75.6 Å². The van der Waals surface area contributed by atoms with E-state index in [0.29, 0.717) is 18.7 Å². The van der Waals surface area contributed by atoms with Crippen LogP contribution in [0.15, 0.2) is 17.5 Å². The Balaban J connectivity index is 2.51. The van der Waals surface area contributed by atoms with Crippen LogP contribution in [0.1, 0.15) is 22.2 Å². The molecule has 1 atom stereocenters. The molecule has 0 aromatic carbocycles. The summed E-state index contributed by atoms with van der Waals surface area (Å²) in [6.07, 6.45) is 2.52. The molecule has 6 heteroatoms. The maximum Gasteiger partial charge on any atom is 0.328 e. The highest BCUT2D eigenvalue weighted by Gasteiger charge is 2.09. The van der Waals surface area contributed by atoms with Crippen molar-refractivity contribution in [2.24, 2.45) is 5.92 Å². The Labute approximate surface area is 115 Å². The van der Waals surface area contributed by atoms with E-state index < -0.39 is 5.97 Å². The lowest BCUT2D eigenvalue weighted by molar-refractivity contribution is -0.131. The second-order valence-electron chi connectivity index (χ2n) is 4.18. The van der Waals surface area contributed by atoms with E-state index >= 15 is 0 Å². The van der Waals surface area contributed by atoms with E-state index in [1.165, 1.54) is 17.4 Å². The molecule has 5 nitrogen and oxygen atoms in total. The fourth-order valence-electron chi connectivity index (χ4n) is 1.43. The number of rotatable bonds is 7. The molecule has 1 aromatic heterocycles. The fourth-order valence-corrected chi connectivity index (χ4v) is 2.20. The second kappa shape index (κ2) is 7.70. The smallest absolute Gasteiger partial charge is 0.328 e. The van der Waals surface area contributed by atoms with Crippen molar-refractivity contribution in [3.8, 4) is 0 Å². The third-order valence-electron chi connectivity index (χ3n) is 2.33. The average molecular weight is 283 g/mol. The Morgan fingerprint density at radius 3 is 2.95 bits per heavy atom. The van der Waals surface area contributed by atoms with Crippen molar-refractivity contribution in [1.82, 2.24) is 5.32 Å². The van der Waals surface area contributed by atoms with Crippen molar-refractivity contribution in [3.63, 3.8) is 0 Å². The number of carbonyl (C=O) groups excluding carboxylic acids is 1. The molecule has 1 aromatic rings. The van der Waals surface area contributed by atoms with E-state index in [-0.39, 0.29) is 11.8 Å². The maximum atomic E-state index is 11.8. The quantitative estimate of drug-likeness (QED) is 0.749. The first kappa shape index (κ1) is 15.4. The van der Waals surface area contributed by atoms with Crippen LogP contribution in [0.3, 0.4) is 0 Å². The SMILES string of the molecule is COCC(C)CNC(=O)c1csc(C=CC(=O)O)c1. The summed E-state index contributed by atoms with van der Waals surface area (Å²) >= 11 is 1.33. The zero-order chi connectivity index (χ0) is 14.3. The lowest BCUT2D eigenvalue weighted by Crippen LogP contribution is -2.29. The van der Waals surface area contributed by atoms with Crippen LogP contribution >= 0.6 is 11.3 Å². The number of amides is 1. The van der Waals surface area contributed by atoms with Gasteiger partial charge in [0, 0.05) is 30.0 Å². The van der Waals surface area contributed by atoms with Crippen LogP contribution < -0.4 is 5.32 Å². The van der Waals surface area contributed by atoms with Gasteiger partial charge in [-0.15, -0.1) is 11.3 Å². The predicted octanol–water partition coefficient (Wildman–Crippen LogP) is 1.86. The minimum Gasteiger partial charge on any atom is -0.478 e. The molecule has 0 fully saturated rings. The van der Waals surface area contributed by atoms with Crippen LogP contribution in [-0.2, 0) is 9.53 Å². The Kier molecular flexibility index (Phi) is 6.24. The van der Waals surface area contributed by atoms with E-state index in [1.54, 1.807) is 18.6 Å². The molecule has 0 spiro atoms. The molecule has 0 saturated carbocycles. The van der Waals surface area contributed by atoms with E-state index in [2.05, 4.69) is 5.32 Å². The summed E-state index contributed by atoms with van der Waals surface area (Å²) in [7, 11) is 1.62. The molecular weight excluding hydrogens is 266 g/mol. The molecule has 2 N–H and O–H groups in total. The normalized spacial score (nSPS) is 12.5. The van der Waals surface area contributed by atoms with Gasteiger partial charge in [0.25, 0.3) is 5.91 Å². The van der Waals surface area contributed by atoms with E-state index in [4.69, 9.17) is 9.84 Å². The highest BCUT2D eigenvalue weighted by atomic mass is 32.1. The summed E-state index contributed by atoms with van der Waals surface area (Å²) in [5.74, 6) is -0.916. The molecule has 104 valence electrons. The molecule has 1 unspecified atom stereocenters. The molecule has 0 aliphatic carbocycles. The molecule has 19 heavy (non-hydrogen) atoms. The van der Waals surface area contributed by atoms with E-state index in [0.717, 1.165) is 11.0 Å². The fraction of sp³-hybridized carbons (Fsp3) is 0.385. The van der Waals surface area contributed by atoms with Crippen LogP contribution in [0.25, 0.3) is 6.08 Å². The number of aliphatic carboxylic acids is 1. The van der Waals surface area contributed by atoms with Crippen molar-refractivity contribution in [2.75, 3.05) is 20.3 Å². The summed E-state index contributed by atoms with van der Waals surface area (Å²) in [6.45, 7) is 3.12. The van der Waals surface area contributed by atoms with Gasteiger partial charge >= 0.3 is 5.97 Å². The molecule has 0 radical (unpaired) electrons. The predicted molar refractivity (Wildman–Crippen MR) is 74.4 cm³/mol. The lowest BCUT2D eigenvalue weighted by atomic mass is 10.2. The van der Waals surface area contributed by atoms with E-state index in [1.807, 2.05) is 6.92 Å². The van der Waals surface area contributed by atoms with Crippen molar-refractivity contribution in [2.45, 2.75) is 6.92 Å². The van der Waals surface area contributed by atoms with Crippen molar-refractivity contribution in [1.29, 1.82) is 0 Å². The Morgan fingerprint density at radius 2 is 2.32 bits per heavy atom. The zero-order valence-electron chi connectivity index (χ0n) is 10.9. The molecule has 0 aliphatic heterocycles. The Hall–Kier alpha value is -1.66. The number of ether oxygens (including phenoxy) is 1. The van der Waals surface area contributed by atoms with Gasteiger partial charge in [0.2, 0.25) is 0 Å². The van der Waals surface area contributed by atoms with Crippen molar-refractivity contribution < 1.29 is 19.4 Å². The number of hydrogen-bond donors (Lipinski definition) is 2. The van der Waals surface area contributed by atoms with Gasteiger partial charge in [-0.1, -0.05) is 6.92 Å². The number of carboxylic acids is 1. The summed E-state index contributed by atoms with van der Waals surface area (Å²) in [4.78, 5) is 22.9. The lowest BCUT2D eigenvalue weighted by Gasteiger charge is -2.10. The standard InChI is InChI=1S/C13H17NO4S/c1-9(7-18-2)6-14-13(17)10-5-11(19-8-10)3-4-12(15)16/h3-5,8-9H,6-7H2,1-2H3,(H,14,17)(H,15,16). The highest BCUT2D eigenvalue weighted by Crippen LogP contribution is 2.16. The molecule has 0 saturated heterocycles. The largest absolute Gasteiger partial charge is 0.478 e. The maximum absolute atomic E-state index is 11.8. The molecule has 1 rings (SSSR count). The Morgan fingerprint density at radius 1 is 1.58 bits per heavy atom. The third-order valence-corrected chi connectivity index (χ3v) is 3.23. The number of hydrogen-bond acceptors (Lipinski definition) is 4. The number of carboxylic acid groups (broad SMARTS) is 1. The van der Waals surface area contributed by atoms with Gasteiger partial charge in [-0.05, 0) is 18.1 Å². The van der Waals surface area contributed by atoms with Crippen LogP contribution in [0.4, 0.5) is 0 Å². The first-order valence-corrected chi connectivity index (χ1v) is 6.67. The first-order valence-electron chi connectivity index (χ1n) is 5.79. The third kappa shape index (κ3) is 5.67. The van der Waals surface area contributed by atoms with Crippen LogP contribution in [0, 0.1) is 5.92 Å². The highest BCUT2D eigenvalue weighted by molar-refractivity contribution is 7.11. The number of thiophene rings is 1. The summed E-state index contributed by atoms with van der Waals surface area (Å²) in [6, 6.07) is 1.67. The minimum atomic E-state index is -1.01. The van der Waals surface area contributed by atoms with Crippen LogP contribution in [0.2, 0.25) is 0 Å². The van der Waals surface area contributed by atoms with Gasteiger partial charge in [0.15, 0.2) is 0 Å². The van der Waals surface area contributed by atoms with E-state index in [9.17, 15) is 9.59 Å². The minimum absolute atomic E-state index is 0.158. The van der Waals surface area contributed by atoms with Crippen LogP contribution in [0.5, 0.6) is 0 Å². The average Bonchev–Trinajstić information content (AvgIpc) is 2.82. The summed E-state index contributed by atoms with van der Waals surface area (Å²) in [5.41, 5.74) is 0.541. The molecule has 0 aliphatic rings. The molecule has 1 amide bonds. The number of methoxy groups -OCH3 is 1. The summed E-state index contributed by atoms with van der Waals surface area (Å²) < 4.78 is 4.99. The molecule has 0 bridgehead atoms. The van der Waals surface area contributed by atoms with Gasteiger partial charge in [-0.3, -0.25) is 4.79 Å². The number of nitrogens with one attached hydrogen (secondary N) is 1. The first-order chi connectivity index (χ1) is 9.02. The Bertz CT molecular complexity index is 467. The zero-order valence-corrected chi connectivity index (χ0v) is 11.7.